The average Bonchev–Trinajstić information content (AvgIpc) is 3.25. The van der Waals surface area contributed by atoms with Gasteiger partial charge in [0.25, 0.3) is 0 Å². The van der Waals surface area contributed by atoms with E-state index in [9.17, 15) is 0 Å². The van der Waals surface area contributed by atoms with Crippen LogP contribution in [0.1, 0.15) is 23.6 Å². The minimum Gasteiger partial charge on any atom is -0.490 e. The highest BCUT2D eigenvalue weighted by Crippen LogP contribution is 2.32. The van der Waals surface area contributed by atoms with E-state index in [1.165, 1.54) is 0 Å². The van der Waals surface area contributed by atoms with Gasteiger partial charge in [-0.3, -0.25) is 0 Å². The van der Waals surface area contributed by atoms with Crippen LogP contribution in [0.3, 0.4) is 0 Å². The Morgan fingerprint density at radius 3 is 2.57 bits per heavy atom. The Morgan fingerprint density at radius 2 is 1.73 bits per heavy atom. The maximum atomic E-state index is 5.97. The van der Waals surface area contributed by atoms with E-state index in [1.807, 2.05) is 73.7 Å². The third-order valence-electron chi connectivity index (χ3n) is 4.63. The molecule has 0 amide bonds. The zero-order valence-electron chi connectivity index (χ0n) is 16.7. The highest BCUT2D eigenvalue weighted by atomic mass is 32.1. The number of thiocarbonyl (C=S) groups is 1. The third kappa shape index (κ3) is 4.83. The third-order valence-corrected chi connectivity index (χ3v) is 5.01. The second-order valence-electron chi connectivity index (χ2n) is 6.74. The maximum absolute atomic E-state index is 5.97. The topological polar surface area (TPSA) is 49.0 Å². The molecule has 0 fully saturated rings. The van der Waals surface area contributed by atoms with Crippen molar-refractivity contribution >= 4 is 17.2 Å². The van der Waals surface area contributed by atoms with E-state index in [2.05, 4.69) is 5.32 Å². The van der Waals surface area contributed by atoms with Crippen molar-refractivity contribution in [3.05, 3.63) is 83.4 Å². The van der Waals surface area contributed by atoms with Crippen molar-refractivity contribution in [3.63, 3.8) is 0 Å². The monoisotopic (exact) mass is 421 g/mol. The number of hydrogen-bond acceptors (Lipinski definition) is 5. The Kier molecular flexibility index (Phi) is 6.35. The smallest absolute Gasteiger partial charge is 0.231 e. The summed E-state index contributed by atoms with van der Waals surface area (Å²) in [6.07, 6.45) is 0. The molecule has 0 bridgehead atoms. The fourth-order valence-electron chi connectivity index (χ4n) is 3.11. The fourth-order valence-corrected chi connectivity index (χ4v) is 3.31. The Morgan fingerprint density at radius 1 is 0.900 bits per heavy atom. The number of fused-ring (bicyclic) bond motifs is 1. The first-order valence-electron chi connectivity index (χ1n) is 9.83. The summed E-state index contributed by atoms with van der Waals surface area (Å²) in [6.45, 7) is 3.83. The molecule has 0 saturated heterocycles. The molecule has 0 unspecified atom stereocenters. The van der Waals surface area contributed by atoms with Gasteiger partial charge in [-0.15, -0.1) is 0 Å². The van der Waals surface area contributed by atoms with E-state index >= 15 is 0 Å². The number of rotatable bonds is 8. The molecule has 0 atom stereocenters. The van der Waals surface area contributed by atoms with Crippen LogP contribution in [0.2, 0.25) is 0 Å². The van der Waals surface area contributed by atoms with Crippen LogP contribution in [0.4, 0.5) is 0 Å². The Bertz CT molecular complexity index is 1020. The molecule has 1 heterocycles. The van der Waals surface area contributed by atoms with Crippen molar-refractivity contribution in [2.24, 2.45) is 0 Å². The molecule has 1 aliphatic heterocycles. The summed E-state index contributed by atoms with van der Waals surface area (Å²) in [6, 6.07) is 21.7. The lowest BCUT2D eigenvalue weighted by Crippen LogP contribution is -2.21. The zero-order chi connectivity index (χ0) is 20.8. The Hall–Kier alpha value is -3.25. The Balaban J connectivity index is 1.41. The molecule has 3 aromatic carbocycles. The Labute approximate surface area is 181 Å². The molecule has 0 saturated carbocycles. The van der Waals surface area contributed by atoms with Crippen LogP contribution in [0, 0.1) is 0 Å². The lowest BCUT2D eigenvalue weighted by Gasteiger charge is -2.15. The van der Waals surface area contributed by atoms with Gasteiger partial charge in [-0.05, 0) is 48.4 Å². The summed E-state index contributed by atoms with van der Waals surface area (Å²) >= 11 is 5.58. The molecule has 0 radical (unpaired) electrons. The fraction of sp³-hybridized carbons (Fsp3) is 0.208. The predicted octanol–water partition coefficient (Wildman–Crippen LogP) is 4.86. The van der Waals surface area contributed by atoms with Gasteiger partial charge < -0.3 is 24.3 Å². The molecule has 30 heavy (non-hydrogen) atoms. The molecule has 4 rings (SSSR count). The first-order valence-corrected chi connectivity index (χ1v) is 10.2. The first-order chi connectivity index (χ1) is 14.7. The summed E-state index contributed by atoms with van der Waals surface area (Å²) in [7, 11) is 0. The van der Waals surface area contributed by atoms with Crippen LogP contribution in [-0.2, 0) is 13.2 Å². The van der Waals surface area contributed by atoms with E-state index in [4.69, 9.17) is 31.2 Å². The summed E-state index contributed by atoms with van der Waals surface area (Å²) < 4.78 is 22.5. The summed E-state index contributed by atoms with van der Waals surface area (Å²) in [5.74, 6) is 2.91. The van der Waals surface area contributed by atoms with Gasteiger partial charge in [0.15, 0.2) is 23.0 Å². The van der Waals surface area contributed by atoms with Crippen LogP contribution in [0.15, 0.2) is 66.7 Å². The quantitative estimate of drug-likeness (QED) is 0.524. The SMILES string of the molecule is CCOc1cc(C(=S)NCc2ccc3c(c2)OCO3)ccc1OCc1ccccc1. The van der Waals surface area contributed by atoms with E-state index in [0.717, 1.165) is 28.2 Å². The summed E-state index contributed by atoms with van der Waals surface area (Å²) in [5, 5.41) is 3.29. The van der Waals surface area contributed by atoms with Crippen LogP contribution >= 0.6 is 12.2 Å². The number of ether oxygens (including phenoxy) is 4. The van der Waals surface area contributed by atoms with Gasteiger partial charge in [0.05, 0.1) is 6.61 Å². The van der Waals surface area contributed by atoms with Crippen LogP contribution in [0.5, 0.6) is 23.0 Å². The van der Waals surface area contributed by atoms with Crippen LogP contribution < -0.4 is 24.3 Å². The van der Waals surface area contributed by atoms with Crippen LogP contribution in [-0.4, -0.2) is 18.4 Å². The average molecular weight is 422 g/mol. The van der Waals surface area contributed by atoms with Crippen molar-refractivity contribution in [2.75, 3.05) is 13.4 Å². The molecule has 0 aliphatic carbocycles. The standard InChI is InChI=1S/C24H23NO4S/c1-2-26-23-13-19(9-11-20(23)27-15-17-6-4-3-5-7-17)24(30)25-14-18-8-10-21-22(12-18)29-16-28-21/h3-13H,2,14-16H2,1H3,(H,25,30). The molecule has 0 spiro atoms. The van der Waals surface area contributed by atoms with Gasteiger partial charge in [-0.1, -0.05) is 48.6 Å². The normalized spacial score (nSPS) is 11.8. The highest BCUT2D eigenvalue weighted by Gasteiger charge is 2.14. The summed E-state index contributed by atoms with van der Waals surface area (Å²) in [4.78, 5) is 0.642. The lowest BCUT2D eigenvalue weighted by atomic mass is 10.1. The van der Waals surface area contributed by atoms with Crippen molar-refractivity contribution in [1.29, 1.82) is 0 Å². The number of benzene rings is 3. The second-order valence-corrected chi connectivity index (χ2v) is 7.15. The molecule has 1 N–H and O–H groups in total. The van der Waals surface area contributed by atoms with Gasteiger partial charge in [-0.2, -0.15) is 0 Å². The first kappa shape index (κ1) is 20.0. The van der Waals surface area contributed by atoms with E-state index in [-0.39, 0.29) is 6.79 Å². The molecule has 6 heteroatoms. The molecular formula is C24H23NO4S. The minimum atomic E-state index is 0.267. The van der Waals surface area contributed by atoms with E-state index in [1.54, 1.807) is 0 Å². The zero-order valence-corrected chi connectivity index (χ0v) is 17.5. The maximum Gasteiger partial charge on any atom is 0.231 e. The van der Waals surface area contributed by atoms with Gasteiger partial charge >= 0.3 is 0 Å². The van der Waals surface area contributed by atoms with Gasteiger partial charge in [0, 0.05) is 12.1 Å². The van der Waals surface area contributed by atoms with E-state index in [0.29, 0.717) is 36.2 Å². The van der Waals surface area contributed by atoms with Crippen LogP contribution in [0.25, 0.3) is 0 Å². The number of nitrogens with one attached hydrogen (secondary N) is 1. The van der Waals surface area contributed by atoms with Gasteiger partial charge in [0.2, 0.25) is 6.79 Å². The largest absolute Gasteiger partial charge is 0.490 e. The molecule has 154 valence electrons. The molecule has 0 aromatic heterocycles. The molecule has 3 aromatic rings. The van der Waals surface area contributed by atoms with Gasteiger partial charge in [0.1, 0.15) is 11.6 Å². The highest BCUT2D eigenvalue weighted by molar-refractivity contribution is 7.80. The molecule has 1 aliphatic rings. The minimum absolute atomic E-state index is 0.267. The van der Waals surface area contributed by atoms with Crippen molar-refractivity contribution in [3.8, 4) is 23.0 Å². The van der Waals surface area contributed by atoms with Crippen molar-refractivity contribution in [2.45, 2.75) is 20.1 Å². The van der Waals surface area contributed by atoms with Crippen molar-refractivity contribution < 1.29 is 18.9 Å². The summed E-state index contributed by atoms with van der Waals surface area (Å²) in [5.41, 5.74) is 3.04. The number of hydrogen-bond donors (Lipinski definition) is 1. The van der Waals surface area contributed by atoms with Crippen molar-refractivity contribution in [1.82, 2.24) is 5.32 Å². The molecule has 5 nitrogen and oxygen atoms in total. The predicted molar refractivity (Wildman–Crippen MR) is 119 cm³/mol. The van der Waals surface area contributed by atoms with E-state index < -0.39 is 0 Å². The van der Waals surface area contributed by atoms with Gasteiger partial charge in [-0.25, -0.2) is 0 Å². The second kappa shape index (κ2) is 9.50. The molecular weight excluding hydrogens is 398 g/mol. The lowest BCUT2D eigenvalue weighted by molar-refractivity contribution is 0.174.